The number of fused-ring (bicyclic) bond motifs is 2. The Kier molecular flexibility index (Phi) is 4.71. The van der Waals surface area contributed by atoms with Crippen molar-refractivity contribution in [3.8, 4) is 5.88 Å². The summed E-state index contributed by atoms with van der Waals surface area (Å²) in [5.74, 6) is 0.614. The van der Waals surface area contributed by atoms with Gasteiger partial charge in [0.15, 0.2) is 0 Å². The van der Waals surface area contributed by atoms with E-state index in [2.05, 4.69) is 11.9 Å². The predicted molar refractivity (Wildman–Crippen MR) is 99.5 cm³/mol. The fraction of sp³-hybridized carbons (Fsp3) is 0.450. The lowest BCUT2D eigenvalue weighted by atomic mass is 10.0. The molecule has 2 saturated heterocycles. The molecule has 3 heterocycles. The minimum atomic E-state index is -3.46. The van der Waals surface area contributed by atoms with E-state index in [-0.39, 0.29) is 18.2 Å². The van der Waals surface area contributed by atoms with Gasteiger partial charge < -0.3 is 4.74 Å². The van der Waals surface area contributed by atoms with Crippen molar-refractivity contribution in [2.45, 2.75) is 62.1 Å². The molecule has 2 atom stereocenters. The summed E-state index contributed by atoms with van der Waals surface area (Å²) in [6.45, 7) is 2.07. The minimum Gasteiger partial charge on any atom is -0.474 e. The van der Waals surface area contributed by atoms with Gasteiger partial charge in [-0.25, -0.2) is 13.4 Å². The summed E-state index contributed by atoms with van der Waals surface area (Å²) in [4.78, 5) is 4.62. The average Bonchev–Trinajstić information content (AvgIpc) is 2.95. The van der Waals surface area contributed by atoms with E-state index >= 15 is 0 Å². The quantitative estimate of drug-likeness (QED) is 0.807. The first-order valence-electron chi connectivity index (χ1n) is 9.28. The first-order valence-corrected chi connectivity index (χ1v) is 10.7. The third kappa shape index (κ3) is 3.23. The molecule has 0 amide bonds. The Morgan fingerprint density at radius 1 is 1.08 bits per heavy atom. The second kappa shape index (κ2) is 7.00. The molecule has 1 aromatic carbocycles. The molecule has 138 valence electrons. The van der Waals surface area contributed by atoms with Gasteiger partial charge in [-0.3, -0.25) is 0 Å². The van der Waals surface area contributed by atoms with E-state index in [1.807, 2.05) is 30.3 Å². The van der Waals surface area contributed by atoms with Crippen LogP contribution in [-0.2, 0) is 16.4 Å². The summed E-state index contributed by atoms with van der Waals surface area (Å²) in [6, 6.07) is 12.9. The number of hydrogen-bond donors (Lipinski definition) is 0. The average molecular weight is 372 g/mol. The van der Waals surface area contributed by atoms with Crippen LogP contribution in [0.4, 0.5) is 0 Å². The molecule has 2 unspecified atom stereocenters. The van der Waals surface area contributed by atoms with Crippen LogP contribution in [-0.4, -0.2) is 35.9 Å². The largest absolute Gasteiger partial charge is 0.474 e. The Hall–Kier alpha value is -1.92. The molecule has 2 aliphatic rings. The molecular weight excluding hydrogens is 348 g/mol. The molecule has 0 aliphatic carbocycles. The number of rotatable bonds is 5. The number of aryl methyl sites for hydroxylation is 1. The zero-order chi connectivity index (χ0) is 18.1. The molecule has 0 N–H and O–H groups in total. The zero-order valence-electron chi connectivity index (χ0n) is 14.9. The molecule has 26 heavy (non-hydrogen) atoms. The van der Waals surface area contributed by atoms with E-state index in [0.29, 0.717) is 10.8 Å². The molecule has 2 aliphatic heterocycles. The number of sulfonamides is 1. The van der Waals surface area contributed by atoms with Crippen LogP contribution < -0.4 is 4.74 Å². The van der Waals surface area contributed by atoms with Gasteiger partial charge in [0.1, 0.15) is 6.10 Å². The lowest BCUT2D eigenvalue weighted by Gasteiger charge is -2.37. The summed E-state index contributed by atoms with van der Waals surface area (Å²) >= 11 is 0. The summed E-state index contributed by atoms with van der Waals surface area (Å²) in [5.41, 5.74) is 1.15. The first kappa shape index (κ1) is 17.5. The minimum absolute atomic E-state index is 0.0123. The van der Waals surface area contributed by atoms with Crippen molar-refractivity contribution >= 4 is 10.0 Å². The molecule has 6 heteroatoms. The van der Waals surface area contributed by atoms with E-state index < -0.39 is 10.0 Å². The van der Waals surface area contributed by atoms with Gasteiger partial charge in [-0.05, 0) is 43.0 Å². The van der Waals surface area contributed by atoms with E-state index in [9.17, 15) is 8.42 Å². The lowest BCUT2D eigenvalue weighted by Crippen LogP contribution is -2.49. The number of nitrogens with zero attached hydrogens (tertiary/aromatic N) is 2. The van der Waals surface area contributed by atoms with E-state index in [4.69, 9.17) is 4.74 Å². The second-order valence-corrected chi connectivity index (χ2v) is 8.94. The van der Waals surface area contributed by atoms with E-state index in [0.717, 1.165) is 37.7 Å². The molecule has 2 fully saturated rings. The molecule has 0 spiro atoms. The smallest absolute Gasteiger partial charge is 0.243 e. The number of benzene rings is 1. The van der Waals surface area contributed by atoms with E-state index in [1.54, 1.807) is 22.6 Å². The Morgan fingerprint density at radius 2 is 1.77 bits per heavy atom. The van der Waals surface area contributed by atoms with Crippen LogP contribution in [0.1, 0.15) is 38.2 Å². The van der Waals surface area contributed by atoms with Gasteiger partial charge in [-0.15, -0.1) is 0 Å². The van der Waals surface area contributed by atoms with Crippen molar-refractivity contribution in [3.63, 3.8) is 0 Å². The lowest BCUT2D eigenvalue weighted by molar-refractivity contribution is 0.0918. The van der Waals surface area contributed by atoms with Gasteiger partial charge in [-0.1, -0.05) is 25.1 Å². The Balaban J connectivity index is 1.52. The fourth-order valence-corrected chi connectivity index (χ4v) is 6.07. The van der Waals surface area contributed by atoms with Crippen molar-refractivity contribution in [3.05, 3.63) is 54.2 Å². The van der Waals surface area contributed by atoms with Crippen LogP contribution in [0, 0.1) is 0 Å². The highest BCUT2D eigenvalue weighted by molar-refractivity contribution is 7.89. The summed E-state index contributed by atoms with van der Waals surface area (Å²) in [5, 5.41) is 0. The highest BCUT2D eigenvalue weighted by atomic mass is 32.2. The monoisotopic (exact) mass is 372 g/mol. The number of ether oxygens (including phenoxy) is 1. The molecule has 1 aromatic heterocycles. The fourth-order valence-electron chi connectivity index (χ4n) is 4.18. The van der Waals surface area contributed by atoms with Crippen molar-refractivity contribution in [1.82, 2.24) is 9.29 Å². The maximum absolute atomic E-state index is 13.2. The second-order valence-electron chi connectivity index (χ2n) is 7.10. The van der Waals surface area contributed by atoms with Crippen LogP contribution in [0.2, 0.25) is 0 Å². The maximum Gasteiger partial charge on any atom is 0.243 e. The highest BCUT2D eigenvalue weighted by Gasteiger charge is 2.47. The SMILES string of the molecule is CCc1ccc(S(=O)(=O)N2C3CCC2CC(Oc2ccccn2)C3)cc1. The zero-order valence-corrected chi connectivity index (χ0v) is 15.7. The van der Waals surface area contributed by atoms with E-state index in [1.165, 1.54) is 0 Å². The van der Waals surface area contributed by atoms with Crippen molar-refractivity contribution < 1.29 is 13.2 Å². The Labute approximate surface area is 155 Å². The van der Waals surface area contributed by atoms with Crippen LogP contribution >= 0.6 is 0 Å². The molecule has 4 rings (SSSR count). The predicted octanol–water partition coefficient (Wildman–Crippen LogP) is 3.41. The van der Waals surface area contributed by atoms with Gasteiger partial charge in [0, 0.05) is 37.2 Å². The normalized spacial score (nSPS) is 26.0. The Bertz CT molecular complexity index is 838. The third-order valence-electron chi connectivity index (χ3n) is 5.45. The van der Waals surface area contributed by atoms with Gasteiger partial charge >= 0.3 is 0 Å². The van der Waals surface area contributed by atoms with Gasteiger partial charge in [-0.2, -0.15) is 4.31 Å². The van der Waals surface area contributed by atoms with Gasteiger partial charge in [0.05, 0.1) is 4.90 Å². The molecule has 2 bridgehead atoms. The summed E-state index contributed by atoms with van der Waals surface area (Å²) in [7, 11) is -3.46. The van der Waals surface area contributed by atoms with Crippen molar-refractivity contribution in [2.75, 3.05) is 0 Å². The number of pyridine rings is 1. The number of hydrogen-bond acceptors (Lipinski definition) is 4. The molecule has 2 aromatic rings. The first-order chi connectivity index (χ1) is 12.6. The van der Waals surface area contributed by atoms with Crippen molar-refractivity contribution in [1.29, 1.82) is 0 Å². The third-order valence-corrected chi connectivity index (χ3v) is 7.47. The highest BCUT2D eigenvalue weighted by Crippen LogP contribution is 2.40. The topological polar surface area (TPSA) is 59.5 Å². The Morgan fingerprint density at radius 3 is 2.35 bits per heavy atom. The summed E-state index contributed by atoms with van der Waals surface area (Å²) in [6.07, 6.45) is 5.89. The standard InChI is InChI=1S/C20H24N2O3S/c1-2-15-6-10-19(11-7-15)26(23,24)22-16-8-9-17(22)14-18(13-16)25-20-5-3-4-12-21-20/h3-7,10-12,16-18H,2,8-9,13-14H2,1H3. The van der Waals surface area contributed by atoms with Crippen LogP contribution in [0.15, 0.2) is 53.6 Å². The maximum atomic E-state index is 13.2. The summed E-state index contributed by atoms with van der Waals surface area (Å²) < 4.78 is 34.1. The molecular formula is C20H24N2O3S. The molecule has 5 nitrogen and oxygen atoms in total. The van der Waals surface area contributed by atoms with Gasteiger partial charge in [0.25, 0.3) is 0 Å². The molecule has 0 radical (unpaired) electrons. The van der Waals surface area contributed by atoms with Crippen molar-refractivity contribution in [2.24, 2.45) is 0 Å². The van der Waals surface area contributed by atoms with Crippen LogP contribution in [0.25, 0.3) is 0 Å². The number of aromatic nitrogens is 1. The van der Waals surface area contributed by atoms with Gasteiger partial charge in [0.2, 0.25) is 15.9 Å². The molecule has 0 saturated carbocycles. The van der Waals surface area contributed by atoms with Crippen LogP contribution in [0.5, 0.6) is 5.88 Å². The van der Waals surface area contributed by atoms with Crippen LogP contribution in [0.3, 0.4) is 0 Å². The number of piperidine rings is 1.